The third-order valence-electron chi connectivity index (χ3n) is 4.48. The number of rotatable bonds is 12. The maximum Gasteiger partial charge on any atom is 0.453 e. The first-order valence-electron chi connectivity index (χ1n) is 9.33. The number of esters is 1. The van der Waals surface area contributed by atoms with Gasteiger partial charge in [-0.2, -0.15) is 39.5 Å². The molecule has 1 fully saturated rings. The van der Waals surface area contributed by atoms with Crippen molar-refractivity contribution in [3.05, 3.63) is 0 Å². The summed E-state index contributed by atoms with van der Waals surface area (Å²) in [5.74, 6) is -16.9. The largest absolute Gasteiger partial charge is 0.460 e. The number of hydrogen-bond donors (Lipinski definition) is 0. The third kappa shape index (κ3) is 9.00. The van der Waals surface area contributed by atoms with Crippen LogP contribution in [0, 0.1) is 0 Å². The molecule has 0 spiro atoms. The number of nitrogens with zero attached hydrogens (tertiary/aromatic N) is 1. The minimum absolute atomic E-state index is 0.00245. The molecule has 0 aromatic heterocycles. The molecule has 0 amide bonds. The summed E-state index contributed by atoms with van der Waals surface area (Å²) in [6.07, 6.45) is -14.8. The summed E-state index contributed by atoms with van der Waals surface area (Å²) < 4.78 is 132. The van der Waals surface area contributed by atoms with Gasteiger partial charge in [0.2, 0.25) is 0 Å². The molecule has 1 saturated heterocycles. The van der Waals surface area contributed by atoms with Crippen LogP contribution in [-0.2, 0) is 19.0 Å². The molecule has 5 nitrogen and oxygen atoms in total. The van der Waals surface area contributed by atoms with E-state index < -0.39 is 61.9 Å². The molecule has 1 unspecified atom stereocenters. The van der Waals surface area contributed by atoms with Gasteiger partial charge in [-0.25, -0.2) is 0 Å². The number of hydrogen-bond acceptors (Lipinski definition) is 5. The lowest BCUT2D eigenvalue weighted by molar-refractivity contribution is -0.294. The molecule has 1 aliphatic heterocycles. The Kier molecular flexibility index (Phi) is 9.88. The van der Waals surface area contributed by atoms with Gasteiger partial charge in [0.05, 0.1) is 32.8 Å². The quantitative estimate of drug-likeness (QED) is 0.243. The van der Waals surface area contributed by atoms with Crippen molar-refractivity contribution in [1.29, 1.82) is 0 Å². The first-order valence-corrected chi connectivity index (χ1v) is 9.33. The van der Waals surface area contributed by atoms with Gasteiger partial charge >= 0.3 is 29.9 Å². The number of halogens is 9. The van der Waals surface area contributed by atoms with Gasteiger partial charge in [-0.1, -0.05) is 0 Å². The van der Waals surface area contributed by atoms with Crippen LogP contribution in [0.1, 0.15) is 26.2 Å². The van der Waals surface area contributed by atoms with Crippen molar-refractivity contribution in [2.24, 2.45) is 0 Å². The molecule has 0 saturated carbocycles. The molecule has 0 N–H and O–H groups in total. The van der Waals surface area contributed by atoms with Crippen molar-refractivity contribution in [2.45, 2.75) is 56.2 Å². The molecule has 1 atom stereocenters. The van der Waals surface area contributed by atoms with E-state index >= 15 is 0 Å². The minimum atomic E-state index is -6.15. The molecular weight excluding hydrogens is 453 g/mol. The molecule has 0 bridgehead atoms. The molecule has 0 aliphatic carbocycles. The average Bonchev–Trinajstić information content (AvgIpc) is 2.62. The fourth-order valence-electron chi connectivity index (χ4n) is 2.68. The summed E-state index contributed by atoms with van der Waals surface area (Å²) >= 11 is 0. The van der Waals surface area contributed by atoms with E-state index in [1.165, 1.54) is 0 Å². The highest BCUT2D eigenvalue weighted by Gasteiger charge is 2.62. The fourth-order valence-corrected chi connectivity index (χ4v) is 2.68. The van der Waals surface area contributed by atoms with Gasteiger partial charge in [0.15, 0.2) is 0 Å². The SMILES string of the molecule is CC(=O)OC(COCCN1CCOCC1)CC(F)(F)C(F)(F)CCC(F)(F)C(F)(F)F. The molecular formula is C17H24F9NO4. The Balaban J connectivity index is 2.64. The molecule has 0 aromatic carbocycles. The summed E-state index contributed by atoms with van der Waals surface area (Å²) in [5.41, 5.74) is 0. The van der Waals surface area contributed by atoms with Crippen molar-refractivity contribution in [3.63, 3.8) is 0 Å². The highest BCUT2D eigenvalue weighted by atomic mass is 19.4. The van der Waals surface area contributed by atoms with Crippen LogP contribution in [0.4, 0.5) is 39.5 Å². The van der Waals surface area contributed by atoms with Gasteiger partial charge in [-0.15, -0.1) is 0 Å². The van der Waals surface area contributed by atoms with Gasteiger partial charge < -0.3 is 14.2 Å². The lowest BCUT2D eigenvalue weighted by Crippen LogP contribution is -2.47. The predicted octanol–water partition coefficient (Wildman–Crippen LogP) is 3.91. The van der Waals surface area contributed by atoms with Gasteiger partial charge in [-0.05, 0) is 0 Å². The second-order valence-corrected chi connectivity index (χ2v) is 7.08. The Morgan fingerprint density at radius 1 is 0.935 bits per heavy atom. The van der Waals surface area contributed by atoms with Crippen LogP contribution in [0.15, 0.2) is 0 Å². The first kappa shape index (κ1) is 27.8. The Labute approximate surface area is 172 Å². The number of morpholine rings is 1. The van der Waals surface area contributed by atoms with Gasteiger partial charge in [0, 0.05) is 39.4 Å². The topological polar surface area (TPSA) is 48.0 Å². The van der Waals surface area contributed by atoms with Crippen LogP contribution < -0.4 is 0 Å². The molecule has 1 aliphatic rings. The summed E-state index contributed by atoms with van der Waals surface area (Å²) in [7, 11) is 0. The standard InChI is InChI=1S/C17H24F9NO4/c1-12(28)31-13(11-30-9-6-27-4-7-29-8-5-27)10-16(22,23)14(18,19)2-3-15(20,21)17(24,25)26/h13H,2-11H2,1H3. The summed E-state index contributed by atoms with van der Waals surface area (Å²) in [4.78, 5) is 13.0. The van der Waals surface area contributed by atoms with Gasteiger partial charge in [-0.3, -0.25) is 9.69 Å². The maximum absolute atomic E-state index is 14.0. The summed E-state index contributed by atoms with van der Waals surface area (Å²) in [6, 6.07) is 0. The fraction of sp³-hybridized carbons (Fsp3) is 0.941. The average molecular weight is 477 g/mol. The smallest absolute Gasteiger partial charge is 0.453 e. The molecule has 0 radical (unpaired) electrons. The van der Waals surface area contributed by atoms with Gasteiger partial charge in [0.1, 0.15) is 6.10 Å². The highest BCUT2D eigenvalue weighted by Crippen LogP contribution is 2.46. The van der Waals surface area contributed by atoms with Crippen molar-refractivity contribution >= 4 is 5.97 Å². The first-order chi connectivity index (χ1) is 14.1. The van der Waals surface area contributed by atoms with E-state index in [1.807, 2.05) is 4.90 Å². The summed E-state index contributed by atoms with van der Waals surface area (Å²) in [5, 5.41) is 0. The predicted molar refractivity (Wildman–Crippen MR) is 88.4 cm³/mol. The maximum atomic E-state index is 14.0. The van der Waals surface area contributed by atoms with Crippen LogP contribution in [0.25, 0.3) is 0 Å². The van der Waals surface area contributed by atoms with Gasteiger partial charge in [0.25, 0.3) is 0 Å². The zero-order chi connectivity index (χ0) is 23.9. The zero-order valence-corrected chi connectivity index (χ0v) is 16.6. The van der Waals surface area contributed by atoms with E-state index in [0.29, 0.717) is 32.8 Å². The van der Waals surface area contributed by atoms with Crippen LogP contribution in [-0.4, -0.2) is 87.0 Å². The zero-order valence-electron chi connectivity index (χ0n) is 16.6. The van der Waals surface area contributed by atoms with Crippen LogP contribution >= 0.6 is 0 Å². The normalized spacial score (nSPS) is 18.1. The van der Waals surface area contributed by atoms with E-state index in [9.17, 15) is 44.3 Å². The van der Waals surface area contributed by atoms with Crippen molar-refractivity contribution in [1.82, 2.24) is 4.90 Å². The lowest BCUT2D eigenvalue weighted by atomic mass is 9.98. The number of carbonyl (C=O) groups excluding carboxylic acids is 1. The van der Waals surface area contributed by atoms with Crippen molar-refractivity contribution < 1.29 is 58.5 Å². The monoisotopic (exact) mass is 477 g/mol. The number of carbonyl (C=O) groups is 1. The molecule has 184 valence electrons. The van der Waals surface area contributed by atoms with E-state index in [1.54, 1.807) is 0 Å². The molecule has 1 heterocycles. The molecule has 31 heavy (non-hydrogen) atoms. The van der Waals surface area contributed by atoms with Crippen molar-refractivity contribution in [2.75, 3.05) is 46.1 Å². The molecule has 1 rings (SSSR count). The Morgan fingerprint density at radius 3 is 2.00 bits per heavy atom. The Bertz CT molecular complexity index is 566. The number of alkyl halides is 9. The second kappa shape index (κ2) is 11.0. The van der Waals surface area contributed by atoms with Crippen molar-refractivity contribution in [3.8, 4) is 0 Å². The van der Waals surface area contributed by atoms with E-state index in [0.717, 1.165) is 6.92 Å². The van der Waals surface area contributed by atoms with E-state index in [2.05, 4.69) is 4.74 Å². The summed E-state index contributed by atoms with van der Waals surface area (Å²) in [6.45, 7) is 2.70. The minimum Gasteiger partial charge on any atom is -0.460 e. The Hall–Kier alpha value is -1.28. The highest BCUT2D eigenvalue weighted by molar-refractivity contribution is 5.66. The van der Waals surface area contributed by atoms with E-state index in [4.69, 9.17) is 9.47 Å². The van der Waals surface area contributed by atoms with Crippen LogP contribution in [0.3, 0.4) is 0 Å². The molecule has 0 aromatic rings. The molecule has 14 heteroatoms. The van der Waals surface area contributed by atoms with Crippen LogP contribution in [0.5, 0.6) is 0 Å². The van der Waals surface area contributed by atoms with E-state index in [-0.39, 0.29) is 6.61 Å². The van der Waals surface area contributed by atoms with Crippen LogP contribution in [0.2, 0.25) is 0 Å². The Morgan fingerprint density at radius 2 is 1.48 bits per heavy atom. The number of ether oxygens (including phenoxy) is 3. The lowest BCUT2D eigenvalue weighted by Gasteiger charge is -2.31. The third-order valence-corrected chi connectivity index (χ3v) is 4.48. The second-order valence-electron chi connectivity index (χ2n) is 7.08.